The van der Waals surface area contributed by atoms with Crippen molar-refractivity contribution in [1.29, 1.82) is 0 Å². The van der Waals surface area contributed by atoms with Crippen LogP contribution < -0.4 is 11.5 Å². The molecule has 1 aromatic carbocycles. The lowest BCUT2D eigenvalue weighted by molar-refractivity contribution is -0.138. The number of hydrogen-bond acceptors (Lipinski definition) is 21. The molecule has 286 valence electrons. The van der Waals surface area contributed by atoms with Crippen molar-refractivity contribution in [2.24, 2.45) is 5.73 Å². The summed E-state index contributed by atoms with van der Waals surface area (Å²) in [5, 5.41) is 37.8. The van der Waals surface area contributed by atoms with Crippen LogP contribution in [0.5, 0.6) is 11.5 Å². The van der Waals surface area contributed by atoms with Gasteiger partial charge in [-0.25, -0.2) is 27.6 Å². The number of rotatable bonds is 13. The summed E-state index contributed by atoms with van der Waals surface area (Å²) >= 11 is 0. The zero-order valence-electron chi connectivity index (χ0n) is 25.3. The minimum Gasteiger partial charge on any atom is -0.744 e. The van der Waals surface area contributed by atoms with Crippen molar-refractivity contribution < 1.29 is 85.1 Å². The average molecular weight is 829 g/mol. The Morgan fingerprint density at radius 1 is 1.10 bits per heavy atom. The Morgan fingerprint density at radius 2 is 1.73 bits per heavy atom. The highest BCUT2D eigenvalue weighted by molar-refractivity contribution is 7.96. The Hall–Kier alpha value is -3.53. The first kappa shape index (κ1) is 41.9. The first-order valence-electron chi connectivity index (χ1n) is 13.2. The molecule has 3 aromatic rings. The number of carboxylic acids is 1. The molecule has 0 amide bonds. The van der Waals surface area contributed by atoms with Crippen LogP contribution in [0.3, 0.4) is 0 Å². The van der Waals surface area contributed by atoms with E-state index in [-0.39, 0.29) is 35.2 Å². The van der Waals surface area contributed by atoms with Crippen molar-refractivity contribution in [3.05, 3.63) is 24.8 Å². The van der Waals surface area contributed by atoms with E-state index in [1.807, 2.05) is 0 Å². The van der Waals surface area contributed by atoms with Crippen molar-refractivity contribution in [2.75, 3.05) is 23.5 Å². The second-order valence-electron chi connectivity index (χ2n) is 10.2. The highest BCUT2D eigenvalue weighted by atomic mass is 32.3. The van der Waals surface area contributed by atoms with Gasteiger partial charge in [0.15, 0.2) is 29.2 Å². The number of benzene rings is 1. The van der Waals surface area contributed by atoms with E-state index < -0.39 is 110 Å². The number of nitrogens with zero attached hydrogens (tertiary/aromatic N) is 4. The molecule has 0 saturated carbocycles. The van der Waals surface area contributed by atoms with Gasteiger partial charge in [-0.2, -0.15) is 25.3 Å². The topological polar surface area (TPSA) is 421 Å². The number of aliphatic hydroxyl groups excluding tert-OH is 1. The molecule has 25 nitrogen and oxygen atoms in total. The van der Waals surface area contributed by atoms with E-state index in [9.17, 15) is 48.1 Å². The standard InChI is InChI=1S/C15H22N6O11S3.C6H6O8S2/c1-33(3-2-7(16)15(23)24)4-8-11(31-35(28,29)32-34(25,26)27)10(22)14(30-8)21-6-20-9-12(17)18-5-19-13(9)21;7-4-1-3(15(9,10)11)2-5(6(4)8)16(12,13)14/h5-8,10-11,14,22H,2-4,16H2,1H3,(H3-,17,18,19,23,24,25,26,27);1-2,7-8H,(H,9,10,11)(H,12,13,14)/t7-,8+,10+,11+,14+,33?;/m0./s1. The van der Waals surface area contributed by atoms with Crippen molar-refractivity contribution in [1.82, 2.24) is 19.5 Å². The number of aromatic hydroxyl groups is 2. The number of fused-ring (bicyclic) bond motifs is 1. The van der Waals surface area contributed by atoms with Gasteiger partial charge in [0.25, 0.3) is 10.1 Å². The molecule has 1 fully saturated rings. The summed E-state index contributed by atoms with van der Waals surface area (Å²) in [5.41, 5.74) is 11.6. The number of aromatic nitrogens is 4. The molecule has 2 aromatic heterocycles. The maximum atomic E-state index is 12.0. The van der Waals surface area contributed by atoms with Crippen LogP contribution in [0.1, 0.15) is 12.6 Å². The Kier molecular flexibility index (Phi) is 12.8. The van der Waals surface area contributed by atoms with Gasteiger partial charge in [0, 0.05) is 12.5 Å². The van der Waals surface area contributed by atoms with Gasteiger partial charge in [0.1, 0.15) is 62.7 Å². The van der Waals surface area contributed by atoms with Crippen molar-refractivity contribution in [3.8, 4) is 11.5 Å². The van der Waals surface area contributed by atoms with Crippen LogP contribution in [-0.4, -0.2) is 135 Å². The summed E-state index contributed by atoms with van der Waals surface area (Å²) < 4.78 is 132. The molecule has 1 aliphatic heterocycles. The largest absolute Gasteiger partial charge is 0.744 e. The van der Waals surface area contributed by atoms with Gasteiger partial charge in [-0.3, -0.25) is 18.5 Å². The zero-order valence-corrected chi connectivity index (χ0v) is 29.4. The molecule has 0 radical (unpaired) electrons. The Bertz CT molecular complexity index is 2220. The quantitative estimate of drug-likeness (QED) is 0.0469. The normalized spacial score (nSPS) is 21.1. The predicted molar refractivity (Wildman–Crippen MR) is 167 cm³/mol. The van der Waals surface area contributed by atoms with Crippen LogP contribution >= 0.6 is 0 Å². The third-order valence-electron chi connectivity index (χ3n) is 6.51. The number of carboxylic acid groups (broad SMARTS) is 1. The summed E-state index contributed by atoms with van der Waals surface area (Å²) in [6.45, 7) is 0. The number of ether oxygens (including phenoxy) is 1. The lowest BCUT2D eigenvalue weighted by Crippen LogP contribution is -2.41. The molecule has 30 heteroatoms. The minimum atomic E-state index is -5.45. The third-order valence-corrected chi connectivity index (χ3v) is 11.8. The molecule has 0 spiro atoms. The van der Waals surface area contributed by atoms with Crippen molar-refractivity contribution in [3.63, 3.8) is 0 Å². The number of nitrogens with two attached hydrogens (primary N) is 2. The van der Waals surface area contributed by atoms with Crippen molar-refractivity contribution in [2.45, 2.75) is 46.8 Å². The lowest BCUT2D eigenvalue weighted by atomic mass is 10.1. The fourth-order valence-corrected chi connectivity index (χ4v) is 8.59. The maximum absolute atomic E-state index is 12.0. The second-order valence-corrected chi connectivity index (χ2v) is 17.7. The first-order chi connectivity index (χ1) is 23.2. The molecular weight excluding hydrogens is 801 g/mol. The van der Waals surface area contributed by atoms with Gasteiger partial charge in [-0.05, 0) is 17.0 Å². The summed E-state index contributed by atoms with van der Waals surface area (Å²) in [6, 6.07) is -0.461. The summed E-state index contributed by atoms with van der Waals surface area (Å²) in [5.74, 6) is -3.17. The van der Waals surface area contributed by atoms with Gasteiger partial charge >= 0.3 is 26.8 Å². The Labute approximate surface area is 290 Å². The molecule has 10 N–H and O–H groups in total. The Morgan fingerprint density at radius 3 is 2.27 bits per heavy atom. The van der Waals surface area contributed by atoms with Gasteiger partial charge in [0.2, 0.25) is 0 Å². The number of anilines is 1. The SMILES string of the molecule is C[S+](CC[C@H](N)C(=O)O)C[C@H]1O[C@@H](n2cnc3c(N)ncnc32)[C@H](O)[C@@H]1OS(=O)(=O)OS(=O)(=O)O.O=S(=O)([O-])c1cc(S(=O)(=O)O)cc(O)c1O. The highest BCUT2D eigenvalue weighted by Crippen LogP contribution is 2.36. The number of carbonyl (C=O) groups is 1. The van der Waals surface area contributed by atoms with Crippen LogP contribution in [0.2, 0.25) is 0 Å². The smallest absolute Gasteiger partial charge is 0.416 e. The van der Waals surface area contributed by atoms with E-state index in [1.165, 1.54) is 10.9 Å². The van der Waals surface area contributed by atoms with Gasteiger partial charge in [-0.15, -0.1) is 3.63 Å². The molecule has 3 heterocycles. The van der Waals surface area contributed by atoms with E-state index in [0.717, 1.165) is 6.33 Å². The second kappa shape index (κ2) is 15.6. The van der Waals surface area contributed by atoms with Gasteiger partial charge < -0.3 is 41.2 Å². The third kappa shape index (κ3) is 11.0. The molecule has 4 rings (SSSR count). The zero-order chi connectivity index (χ0) is 38.9. The summed E-state index contributed by atoms with van der Waals surface area (Å²) in [7, 11) is -21.4. The number of nitrogen functional groups attached to an aromatic ring is 1. The van der Waals surface area contributed by atoms with Crippen LogP contribution in [-0.2, 0) is 69.3 Å². The fraction of sp³-hybridized carbons (Fsp3) is 0.429. The summed E-state index contributed by atoms with van der Waals surface area (Å²) in [4.78, 5) is 20.5. The molecule has 1 unspecified atom stereocenters. The number of phenolic OH excluding ortho intramolecular Hbond substituents is 2. The van der Waals surface area contributed by atoms with E-state index in [4.69, 9.17) is 44.8 Å². The van der Waals surface area contributed by atoms with Crippen LogP contribution in [0.25, 0.3) is 11.2 Å². The van der Waals surface area contributed by atoms with Crippen molar-refractivity contribution >= 4 is 74.9 Å². The molecule has 6 atom stereocenters. The minimum absolute atomic E-state index is 0.0413. The van der Waals surface area contributed by atoms with Crippen LogP contribution in [0, 0.1) is 0 Å². The summed E-state index contributed by atoms with van der Waals surface area (Å²) in [6.07, 6.45) is -1.64. The molecule has 51 heavy (non-hydrogen) atoms. The van der Waals surface area contributed by atoms with Gasteiger partial charge in [-0.1, -0.05) is 0 Å². The van der Waals surface area contributed by atoms with E-state index in [0.29, 0.717) is 11.8 Å². The molecule has 1 aliphatic rings. The molecule has 0 aliphatic carbocycles. The number of aliphatic hydroxyl groups is 1. The first-order valence-corrected chi connectivity index (χ1v) is 20.7. The number of aliphatic carboxylic acids is 1. The van der Waals surface area contributed by atoms with E-state index in [1.54, 1.807) is 6.26 Å². The number of hydrogen-bond donors (Lipinski definition) is 8. The molecule has 0 bridgehead atoms. The average Bonchev–Trinajstić information content (AvgIpc) is 3.52. The molecular formula is C21H28N6O19S5. The number of imidazole rings is 1. The Balaban J connectivity index is 0.000000367. The lowest BCUT2D eigenvalue weighted by Gasteiger charge is -2.19. The predicted octanol–water partition coefficient (Wildman–Crippen LogP) is -3.59. The fourth-order valence-electron chi connectivity index (χ4n) is 4.24. The van der Waals surface area contributed by atoms with Gasteiger partial charge in [0.05, 0.1) is 17.5 Å². The highest BCUT2D eigenvalue weighted by Gasteiger charge is 2.51. The van der Waals surface area contributed by atoms with E-state index >= 15 is 0 Å². The van der Waals surface area contributed by atoms with Crippen LogP contribution in [0.15, 0.2) is 34.6 Å². The monoisotopic (exact) mass is 828 g/mol. The van der Waals surface area contributed by atoms with Crippen LogP contribution in [0.4, 0.5) is 5.82 Å². The van der Waals surface area contributed by atoms with E-state index in [2.05, 4.69) is 18.6 Å². The molecule has 1 saturated heterocycles. The maximum Gasteiger partial charge on any atom is 0.416 e. The number of phenols is 2.